The Morgan fingerprint density at radius 2 is 2.17 bits per heavy atom. The summed E-state index contributed by atoms with van der Waals surface area (Å²) in [6, 6.07) is 0.383. The molecule has 1 saturated heterocycles. The van der Waals surface area contributed by atoms with Gasteiger partial charge in [0, 0.05) is 24.8 Å². The van der Waals surface area contributed by atoms with Crippen LogP contribution >= 0.6 is 0 Å². The Balaban J connectivity index is 2.06. The Hall–Kier alpha value is -1.36. The standard InChI is InChI=1S/C13H22N4O/c1-3-11-12(14)15-8-16-13(11)17-9(2)10-4-6-18-7-5-10/h8-10H,3-7H2,1-2H3,(H3,14,15,16,17). The normalized spacial score (nSPS) is 18.6. The summed E-state index contributed by atoms with van der Waals surface area (Å²) in [5.41, 5.74) is 6.89. The number of ether oxygens (including phenoxy) is 1. The average Bonchev–Trinajstić information content (AvgIpc) is 2.40. The zero-order valence-corrected chi connectivity index (χ0v) is 11.1. The van der Waals surface area contributed by atoms with Crippen LogP contribution in [0, 0.1) is 5.92 Å². The minimum atomic E-state index is 0.383. The van der Waals surface area contributed by atoms with Gasteiger partial charge in [-0.05, 0) is 32.1 Å². The van der Waals surface area contributed by atoms with E-state index < -0.39 is 0 Å². The molecule has 18 heavy (non-hydrogen) atoms. The predicted octanol–water partition coefficient (Wildman–Crippen LogP) is 1.85. The number of aromatic nitrogens is 2. The fourth-order valence-corrected chi connectivity index (χ4v) is 2.45. The minimum absolute atomic E-state index is 0.383. The maximum atomic E-state index is 5.87. The van der Waals surface area contributed by atoms with E-state index >= 15 is 0 Å². The molecular weight excluding hydrogens is 228 g/mol. The van der Waals surface area contributed by atoms with Crippen LogP contribution in [0.2, 0.25) is 0 Å². The molecule has 0 bridgehead atoms. The van der Waals surface area contributed by atoms with E-state index in [4.69, 9.17) is 10.5 Å². The molecule has 0 aliphatic carbocycles. The first-order chi connectivity index (χ1) is 8.72. The second-order valence-electron chi connectivity index (χ2n) is 4.82. The monoisotopic (exact) mass is 250 g/mol. The maximum Gasteiger partial charge on any atom is 0.134 e. The van der Waals surface area contributed by atoms with Crippen molar-refractivity contribution in [2.75, 3.05) is 24.3 Å². The molecule has 1 atom stereocenters. The smallest absolute Gasteiger partial charge is 0.134 e. The van der Waals surface area contributed by atoms with E-state index in [1.54, 1.807) is 0 Å². The third-order valence-corrected chi connectivity index (χ3v) is 3.67. The second kappa shape index (κ2) is 6.00. The summed E-state index contributed by atoms with van der Waals surface area (Å²) >= 11 is 0. The first-order valence-electron chi connectivity index (χ1n) is 6.66. The predicted molar refractivity (Wildman–Crippen MR) is 72.5 cm³/mol. The van der Waals surface area contributed by atoms with Crippen LogP contribution in [0.3, 0.4) is 0 Å². The van der Waals surface area contributed by atoms with Crippen molar-refractivity contribution in [3.8, 4) is 0 Å². The van der Waals surface area contributed by atoms with Gasteiger partial charge < -0.3 is 15.8 Å². The number of nitrogen functional groups attached to an aromatic ring is 1. The van der Waals surface area contributed by atoms with Crippen LogP contribution < -0.4 is 11.1 Å². The zero-order valence-electron chi connectivity index (χ0n) is 11.1. The number of nitrogens with one attached hydrogen (secondary N) is 1. The molecule has 0 aromatic carbocycles. The Kier molecular flexibility index (Phi) is 4.36. The third kappa shape index (κ3) is 2.90. The lowest BCUT2D eigenvalue weighted by Crippen LogP contribution is -2.31. The summed E-state index contributed by atoms with van der Waals surface area (Å²) < 4.78 is 5.39. The highest BCUT2D eigenvalue weighted by molar-refractivity contribution is 5.55. The molecular formula is C13H22N4O. The van der Waals surface area contributed by atoms with E-state index in [1.807, 2.05) is 0 Å². The number of nitrogens with zero attached hydrogens (tertiary/aromatic N) is 2. The van der Waals surface area contributed by atoms with Crippen molar-refractivity contribution in [2.45, 2.75) is 39.2 Å². The molecule has 2 heterocycles. The lowest BCUT2D eigenvalue weighted by Gasteiger charge is -2.29. The van der Waals surface area contributed by atoms with Gasteiger partial charge in [0.15, 0.2) is 0 Å². The summed E-state index contributed by atoms with van der Waals surface area (Å²) in [5.74, 6) is 2.10. The molecule has 100 valence electrons. The van der Waals surface area contributed by atoms with Gasteiger partial charge in [0.05, 0.1) is 0 Å². The lowest BCUT2D eigenvalue weighted by molar-refractivity contribution is 0.0622. The average molecular weight is 250 g/mol. The highest BCUT2D eigenvalue weighted by Gasteiger charge is 2.21. The number of anilines is 2. The molecule has 1 aliphatic rings. The van der Waals surface area contributed by atoms with Gasteiger partial charge in [-0.15, -0.1) is 0 Å². The van der Waals surface area contributed by atoms with Crippen LogP contribution in [-0.2, 0) is 11.2 Å². The van der Waals surface area contributed by atoms with E-state index in [2.05, 4.69) is 29.1 Å². The molecule has 1 aromatic rings. The Morgan fingerprint density at radius 3 is 2.83 bits per heavy atom. The van der Waals surface area contributed by atoms with Crippen molar-refractivity contribution in [3.63, 3.8) is 0 Å². The molecule has 3 N–H and O–H groups in total. The van der Waals surface area contributed by atoms with Gasteiger partial charge in [0.1, 0.15) is 18.0 Å². The topological polar surface area (TPSA) is 73.1 Å². The molecule has 2 rings (SSSR count). The van der Waals surface area contributed by atoms with Gasteiger partial charge >= 0.3 is 0 Å². The largest absolute Gasteiger partial charge is 0.383 e. The molecule has 0 radical (unpaired) electrons. The molecule has 1 aromatic heterocycles. The van der Waals surface area contributed by atoms with Gasteiger partial charge in [-0.3, -0.25) is 0 Å². The van der Waals surface area contributed by atoms with E-state index in [0.717, 1.165) is 43.9 Å². The zero-order chi connectivity index (χ0) is 13.0. The molecule has 0 spiro atoms. The Labute approximate surface area is 108 Å². The molecule has 5 nitrogen and oxygen atoms in total. The van der Waals surface area contributed by atoms with Crippen molar-refractivity contribution in [3.05, 3.63) is 11.9 Å². The molecule has 1 aliphatic heterocycles. The Morgan fingerprint density at radius 1 is 1.44 bits per heavy atom. The van der Waals surface area contributed by atoms with Crippen molar-refractivity contribution < 1.29 is 4.74 Å². The summed E-state index contributed by atoms with van der Waals surface area (Å²) in [6.07, 6.45) is 4.58. The second-order valence-corrected chi connectivity index (χ2v) is 4.82. The van der Waals surface area contributed by atoms with Crippen LogP contribution in [0.1, 0.15) is 32.3 Å². The van der Waals surface area contributed by atoms with Crippen molar-refractivity contribution in [2.24, 2.45) is 5.92 Å². The van der Waals surface area contributed by atoms with Crippen LogP contribution in [-0.4, -0.2) is 29.2 Å². The third-order valence-electron chi connectivity index (χ3n) is 3.67. The van der Waals surface area contributed by atoms with Gasteiger partial charge in [-0.2, -0.15) is 0 Å². The quantitative estimate of drug-likeness (QED) is 0.853. The van der Waals surface area contributed by atoms with Gasteiger partial charge in [0.2, 0.25) is 0 Å². The number of rotatable bonds is 4. The molecule has 1 unspecified atom stereocenters. The minimum Gasteiger partial charge on any atom is -0.383 e. The van der Waals surface area contributed by atoms with Gasteiger partial charge in [0.25, 0.3) is 0 Å². The van der Waals surface area contributed by atoms with Crippen LogP contribution in [0.4, 0.5) is 11.6 Å². The first-order valence-corrected chi connectivity index (χ1v) is 6.66. The molecule has 1 fully saturated rings. The summed E-state index contributed by atoms with van der Waals surface area (Å²) in [6.45, 7) is 6.00. The van der Waals surface area contributed by atoms with Crippen LogP contribution in [0.15, 0.2) is 6.33 Å². The SMILES string of the molecule is CCc1c(N)ncnc1NC(C)C1CCOCC1. The fourth-order valence-electron chi connectivity index (χ4n) is 2.45. The van der Waals surface area contributed by atoms with Crippen LogP contribution in [0.5, 0.6) is 0 Å². The Bertz CT molecular complexity index is 391. The van der Waals surface area contributed by atoms with Crippen molar-refractivity contribution >= 4 is 11.6 Å². The van der Waals surface area contributed by atoms with E-state index in [1.165, 1.54) is 6.33 Å². The van der Waals surface area contributed by atoms with Gasteiger partial charge in [-0.1, -0.05) is 6.92 Å². The summed E-state index contributed by atoms with van der Waals surface area (Å²) in [5, 5.41) is 3.49. The molecule has 5 heteroatoms. The highest BCUT2D eigenvalue weighted by Crippen LogP contribution is 2.24. The summed E-state index contributed by atoms with van der Waals surface area (Å²) in [4.78, 5) is 8.35. The van der Waals surface area contributed by atoms with Gasteiger partial charge in [-0.25, -0.2) is 9.97 Å². The first kappa shape index (κ1) is 13.1. The van der Waals surface area contributed by atoms with Crippen LogP contribution in [0.25, 0.3) is 0 Å². The van der Waals surface area contributed by atoms with E-state index in [-0.39, 0.29) is 0 Å². The highest BCUT2D eigenvalue weighted by atomic mass is 16.5. The summed E-state index contributed by atoms with van der Waals surface area (Å²) in [7, 11) is 0. The number of hydrogen-bond acceptors (Lipinski definition) is 5. The lowest BCUT2D eigenvalue weighted by atomic mass is 9.93. The van der Waals surface area contributed by atoms with Crippen molar-refractivity contribution in [1.82, 2.24) is 9.97 Å². The number of nitrogens with two attached hydrogens (primary N) is 1. The van der Waals surface area contributed by atoms with E-state index in [9.17, 15) is 0 Å². The fraction of sp³-hybridized carbons (Fsp3) is 0.692. The van der Waals surface area contributed by atoms with E-state index in [0.29, 0.717) is 17.8 Å². The molecule has 0 saturated carbocycles. The molecule has 0 amide bonds. The van der Waals surface area contributed by atoms with Crippen molar-refractivity contribution in [1.29, 1.82) is 0 Å². The maximum absolute atomic E-state index is 5.87. The number of hydrogen-bond donors (Lipinski definition) is 2.